The molecule has 4 heteroatoms. The van der Waals surface area contributed by atoms with Crippen molar-refractivity contribution in [3.05, 3.63) is 84.9 Å². The molecule has 0 N–H and O–H groups in total. The van der Waals surface area contributed by atoms with Crippen LogP contribution in [0.5, 0.6) is 0 Å². The summed E-state index contributed by atoms with van der Waals surface area (Å²) in [6.07, 6.45) is 0. The average Bonchev–Trinajstić information content (AvgIpc) is 2.77. The maximum atomic E-state index is 4.72. The van der Waals surface area contributed by atoms with Crippen molar-refractivity contribution in [2.75, 3.05) is 38.0 Å². The number of rotatable bonds is 5. The molecule has 0 amide bonds. The fourth-order valence-electron chi connectivity index (χ4n) is 3.63. The Bertz CT molecular complexity index is 1190. The molecule has 0 saturated heterocycles. The zero-order valence-electron chi connectivity index (χ0n) is 17.9. The molecule has 4 aromatic carbocycles. The first kappa shape index (κ1) is 19.6. The van der Waals surface area contributed by atoms with Gasteiger partial charge in [0.05, 0.1) is 11.4 Å². The minimum absolute atomic E-state index is 0.836. The molecule has 0 bridgehead atoms. The Morgan fingerprint density at radius 3 is 1.83 bits per heavy atom. The van der Waals surface area contributed by atoms with Crippen molar-refractivity contribution in [2.45, 2.75) is 0 Å². The lowest BCUT2D eigenvalue weighted by Gasteiger charge is -2.22. The number of azo groups is 1. The largest absolute Gasteiger partial charge is 0.377 e. The number of hydrogen-bond donors (Lipinski definition) is 0. The van der Waals surface area contributed by atoms with Gasteiger partial charge in [-0.3, -0.25) is 0 Å². The Morgan fingerprint density at radius 1 is 0.533 bits per heavy atom. The molecular formula is C26H26N4. The van der Waals surface area contributed by atoms with Crippen LogP contribution < -0.4 is 9.80 Å². The molecule has 0 aliphatic heterocycles. The van der Waals surface area contributed by atoms with Gasteiger partial charge in [0.2, 0.25) is 0 Å². The van der Waals surface area contributed by atoms with Crippen molar-refractivity contribution < 1.29 is 0 Å². The van der Waals surface area contributed by atoms with Gasteiger partial charge in [-0.1, -0.05) is 54.6 Å². The SMILES string of the molecule is CN(C)c1cc2ccccc2cc1-c1cccc(N(C)C)c1N=Nc1ccccc1. The lowest BCUT2D eigenvalue weighted by molar-refractivity contribution is 1.11. The fraction of sp³-hybridized carbons (Fsp3) is 0.154. The quantitative estimate of drug-likeness (QED) is 0.339. The van der Waals surface area contributed by atoms with Crippen LogP contribution in [0.4, 0.5) is 22.7 Å². The maximum absolute atomic E-state index is 4.72. The Labute approximate surface area is 178 Å². The first-order valence-electron chi connectivity index (χ1n) is 10.0. The highest BCUT2D eigenvalue weighted by atomic mass is 15.1. The van der Waals surface area contributed by atoms with Gasteiger partial charge in [0.1, 0.15) is 5.69 Å². The predicted molar refractivity (Wildman–Crippen MR) is 129 cm³/mol. The summed E-state index contributed by atoms with van der Waals surface area (Å²) in [7, 11) is 8.23. The number of hydrogen-bond acceptors (Lipinski definition) is 4. The topological polar surface area (TPSA) is 31.2 Å². The highest BCUT2D eigenvalue weighted by Gasteiger charge is 2.16. The van der Waals surface area contributed by atoms with Gasteiger partial charge in [-0.05, 0) is 41.1 Å². The standard InChI is InChI=1S/C26H26N4/c1-29(2)24-16-10-15-22(26(24)28-27-21-13-6-5-7-14-21)23-17-19-11-8-9-12-20(19)18-25(23)30(3)4/h5-18H,1-4H3. The molecule has 4 aromatic rings. The van der Waals surface area contributed by atoms with Gasteiger partial charge < -0.3 is 9.80 Å². The zero-order valence-corrected chi connectivity index (χ0v) is 17.9. The van der Waals surface area contributed by atoms with Crippen LogP contribution in [0.25, 0.3) is 21.9 Å². The lowest BCUT2D eigenvalue weighted by atomic mass is 9.96. The van der Waals surface area contributed by atoms with Gasteiger partial charge >= 0.3 is 0 Å². The zero-order chi connectivity index (χ0) is 21.1. The molecule has 0 heterocycles. The molecule has 0 radical (unpaired) electrons. The maximum Gasteiger partial charge on any atom is 0.117 e. The second-order valence-electron chi connectivity index (χ2n) is 7.71. The second kappa shape index (κ2) is 8.37. The number of benzene rings is 4. The van der Waals surface area contributed by atoms with Crippen LogP contribution >= 0.6 is 0 Å². The summed E-state index contributed by atoms with van der Waals surface area (Å²) in [6.45, 7) is 0. The predicted octanol–water partition coefficient (Wildman–Crippen LogP) is 7.05. The monoisotopic (exact) mass is 394 g/mol. The molecule has 0 saturated carbocycles. The van der Waals surface area contributed by atoms with E-state index in [-0.39, 0.29) is 0 Å². The van der Waals surface area contributed by atoms with Gasteiger partial charge in [-0.2, -0.15) is 5.11 Å². The minimum Gasteiger partial charge on any atom is -0.377 e. The van der Waals surface area contributed by atoms with Crippen LogP contribution in [-0.2, 0) is 0 Å². The lowest BCUT2D eigenvalue weighted by Crippen LogP contribution is -2.11. The second-order valence-corrected chi connectivity index (χ2v) is 7.71. The van der Waals surface area contributed by atoms with Crippen molar-refractivity contribution in [3.63, 3.8) is 0 Å². The fourth-order valence-corrected chi connectivity index (χ4v) is 3.63. The van der Waals surface area contributed by atoms with Gasteiger partial charge in [0, 0.05) is 45.0 Å². The normalized spacial score (nSPS) is 11.2. The van der Waals surface area contributed by atoms with E-state index in [1.165, 1.54) is 10.8 Å². The van der Waals surface area contributed by atoms with Gasteiger partial charge in [-0.15, -0.1) is 5.11 Å². The highest BCUT2D eigenvalue weighted by Crippen LogP contribution is 2.43. The van der Waals surface area contributed by atoms with Gasteiger partial charge in [0.15, 0.2) is 0 Å². The Balaban J connectivity index is 1.96. The first-order valence-corrected chi connectivity index (χ1v) is 10.0. The van der Waals surface area contributed by atoms with E-state index in [9.17, 15) is 0 Å². The Morgan fingerprint density at radius 2 is 1.17 bits per heavy atom. The number of anilines is 2. The van der Waals surface area contributed by atoms with Crippen molar-refractivity contribution in [1.82, 2.24) is 0 Å². The van der Waals surface area contributed by atoms with Crippen LogP contribution in [-0.4, -0.2) is 28.2 Å². The minimum atomic E-state index is 0.836. The smallest absolute Gasteiger partial charge is 0.117 e. The molecule has 0 aromatic heterocycles. The molecular weight excluding hydrogens is 368 g/mol. The van der Waals surface area contributed by atoms with Crippen LogP contribution in [0.15, 0.2) is 95.2 Å². The van der Waals surface area contributed by atoms with Crippen molar-refractivity contribution in [3.8, 4) is 11.1 Å². The van der Waals surface area contributed by atoms with E-state index in [1.54, 1.807) is 0 Å². The highest BCUT2D eigenvalue weighted by molar-refractivity contribution is 5.98. The third-order valence-electron chi connectivity index (χ3n) is 5.15. The Hall–Kier alpha value is -3.66. The van der Waals surface area contributed by atoms with Crippen molar-refractivity contribution >= 4 is 33.5 Å². The van der Waals surface area contributed by atoms with Gasteiger partial charge in [0.25, 0.3) is 0 Å². The van der Waals surface area contributed by atoms with E-state index in [1.807, 2.05) is 44.4 Å². The van der Waals surface area contributed by atoms with E-state index in [2.05, 4.69) is 83.6 Å². The molecule has 0 atom stereocenters. The summed E-state index contributed by atoms with van der Waals surface area (Å²) in [5.74, 6) is 0. The van der Waals surface area contributed by atoms with Crippen LogP contribution in [0.1, 0.15) is 0 Å². The average molecular weight is 395 g/mol. The summed E-state index contributed by atoms with van der Waals surface area (Å²) < 4.78 is 0. The molecule has 0 aliphatic carbocycles. The van der Waals surface area contributed by atoms with Crippen LogP contribution in [0, 0.1) is 0 Å². The van der Waals surface area contributed by atoms with Crippen LogP contribution in [0.2, 0.25) is 0 Å². The third-order valence-corrected chi connectivity index (χ3v) is 5.15. The molecule has 4 rings (SSSR count). The molecule has 150 valence electrons. The summed E-state index contributed by atoms with van der Waals surface area (Å²) >= 11 is 0. The number of nitrogens with zero attached hydrogens (tertiary/aromatic N) is 4. The molecule has 4 nitrogen and oxygen atoms in total. The first-order chi connectivity index (χ1) is 14.5. The third kappa shape index (κ3) is 3.90. The van der Waals surface area contributed by atoms with Crippen LogP contribution in [0.3, 0.4) is 0 Å². The van der Waals surface area contributed by atoms with Crippen molar-refractivity contribution in [1.29, 1.82) is 0 Å². The number of fused-ring (bicyclic) bond motifs is 1. The van der Waals surface area contributed by atoms with E-state index < -0.39 is 0 Å². The Kier molecular flexibility index (Phi) is 5.48. The molecule has 0 spiro atoms. The van der Waals surface area contributed by atoms with E-state index in [4.69, 9.17) is 5.11 Å². The van der Waals surface area contributed by atoms with Crippen molar-refractivity contribution in [2.24, 2.45) is 10.2 Å². The molecule has 30 heavy (non-hydrogen) atoms. The molecule has 0 fully saturated rings. The summed E-state index contributed by atoms with van der Waals surface area (Å²) in [4.78, 5) is 4.24. The van der Waals surface area contributed by atoms with E-state index >= 15 is 0 Å². The summed E-state index contributed by atoms with van der Waals surface area (Å²) in [5, 5.41) is 11.7. The molecule has 0 unspecified atom stereocenters. The van der Waals surface area contributed by atoms with Gasteiger partial charge in [-0.25, -0.2) is 0 Å². The summed E-state index contributed by atoms with van der Waals surface area (Å²) in [5.41, 5.74) is 6.10. The summed E-state index contributed by atoms with van der Waals surface area (Å²) in [6, 6.07) is 29.1. The van der Waals surface area contributed by atoms with E-state index in [0.717, 1.165) is 33.9 Å². The van der Waals surface area contributed by atoms with E-state index in [0.29, 0.717) is 0 Å². The molecule has 0 aliphatic rings.